The lowest BCUT2D eigenvalue weighted by molar-refractivity contribution is -0.200. The van der Waals surface area contributed by atoms with Crippen molar-refractivity contribution >= 4 is 17.3 Å². The smallest absolute Gasteiger partial charge is 0.416 e. The molecule has 0 bridgehead atoms. The van der Waals surface area contributed by atoms with E-state index in [0.29, 0.717) is 29.1 Å². The van der Waals surface area contributed by atoms with Crippen molar-refractivity contribution in [1.82, 2.24) is 0 Å². The molecule has 9 heteroatoms. The van der Waals surface area contributed by atoms with Gasteiger partial charge >= 0.3 is 12.8 Å². The Morgan fingerprint density at radius 3 is 2.51 bits per heavy atom. The molecule has 0 radical (unpaired) electrons. The highest BCUT2D eigenvalue weighted by Gasteiger charge is 2.41. The SMILES string of the molecule is Cc1cc(-c2cccc3c2CCC(c2cccc(OC(F)F)c2)N3CC(O)C(F)(F)F)ccc1Cl. The molecule has 0 saturated carbocycles. The van der Waals surface area contributed by atoms with Crippen LogP contribution in [0.2, 0.25) is 5.02 Å². The van der Waals surface area contributed by atoms with Gasteiger partial charge in [-0.15, -0.1) is 0 Å². The van der Waals surface area contributed by atoms with Gasteiger partial charge < -0.3 is 14.7 Å². The number of alkyl halides is 5. The predicted octanol–water partition coefficient (Wildman–Crippen LogP) is 7.33. The second-order valence-electron chi connectivity index (χ2n) is 8.48. The maximum Gasteiger partial charge on any atom is 0.416 e. The Morgan fingerprint density at radius 2 is 1.83 bits per heavy atom. The van der Waals surface area contributed by atoms with Crippen molar-refractivity contribution in [3.05, 3.63) is 82.4 Å². The van der Waals surface area contributed by atoms with Crippen LogP contribution in [-0.2, 0) is 6.42 Å². The van der Waals surface area contributed by atoms with E-state index < -0.39 is 31.5 Å². The zero-order valence-corrected chi connectivity index (χ0v) is 19.5. The Hall–Kier alpha value is -2.84. The average Bonchev–Trinajstić information content (AvgIpc) is 2.80. The number of halogens is 6. The molecule has 0 saturated heterocycles. The molecule has 2 atom stereocenters. The predicted molar refractivity (Wildman–Crippen MR) is 125 cm³/mol. The summed E-state index contributed by atoms with van der Waals surface area (Å²) in [5, 5.41) is 10.6. The topological polar surface area (TPSA) is 32.7 Å². The molecule has 3 nitrogen and oxygen atoms in total. The quantitative estimate of drug-likeness (QED) is 0.352. The van der Waals surface area contributed by atoms with Gasteiger partial charge in [-0.2, -0.15) is 22.0 Å². The van der Waals surface area contributed by atoms with Crippen LogP contribution >= 0.6 is 11.6 Å². The zero-order chi connectivity index (χ0) is 25.3. The minimum atomic E-state index is -4.81. The second-order valence-corrected chi connectivity index (χ2v) is 8.89. The highest BCUT2D eigenvalue weighted by molar-refractivity contribution is 6.31. The van der Waals surface area contributed by atoms with Crippen molar-refractivity contribution in [2.24, 2.45) is 0 Å². The molecule has 0 spiro atoms. The number of anilines is 1. The van der Waals surface area contributed by atoms with Crippen LogP contribution in [0, 0.1) is 6.92 Å². The highest BCUT2D eigenvalue weighted by Crippen LogP contribution is 2.44. The standard InChI is InChI=1S/C26H23ClF5NO2/c1-15-12-16(8-10-21(15)27)19-6-3-7-23-20(19)9-11-22(33(23)14-24(34)26(30,31)32)17-4-2-5-18(13-17)35-25(28)29/h2-8,10,12-13,22,24-25,34H,9,11,14H2,1H3. The van der Waals surface area contributed by atoms with Gasteiger partial charge in [-0.25, -0.2) is 0 Å². The maximum atomic E-state index is 13.4. The van der Waals surface area contributed by atoms with E-state index in [1.54, 1.807) is 24.3 Å². The van der Waals surface area contributed by atoms with Gasteiger partial charge in [0, 0.05) is 10.7 Å². The third-order valence-electron chi connectivity index (χ3n) is 6.19. The molecule has 1 aliphatic heterocycles. The molecule has 0 aliphatic carbocycles. The van der Waals surface area contributed by atoms with Gasteiger partial charge in [-0.05, 0) is 77.9 Å². The molecule has 2 unspecified atom stereocenters. The van der Waals surface area contributed by atoms with Gasteiger partial charge in [-0.1, -0.05) is 41.9 Å². The number of ether oxygens (including phenoxy) is 1. The highest BCUT2D eigenvalue weighted by atomic mass is 35.5. The van der Waals surface area contributed by atoms with Gasteiger partial charge in [0.05, 0.1) is 12.6 Å². The average molecular weight is 512 g/mol. The number of nitrogens with zero attached hydrogens (tertiary/aromatic N) is 1. The molecule has 3 aromatic carbocycles. The fraction of sp³-hybridized carbons (Fsp3) is 0.308. The molecule has 3 aromatic rings. The van der Waals surface area contributed by atoms with Crippen LogP contribution in [0.1, 0.15) is 29.2 Å². The number of hydrogen-bond donors (Lipinski definition) is 1. The van der Waals surface area contributed by atoms with Crippen molar-refractivity contribution < 1.29 is 31.8 Å². The van der Waals surface area contributed by atoms with E-state index in [2.05, 4.69) is 4.74 Å². The molecule has 0 amide bonds. The Balaban J connectivity index is 1.79. The first kappa shape index (κ1) is 25.3. The summed E-state index contributed by atoms with van der Waals surface area (Å²) in [7, 11) is 0. The van der Waals surface area contributed by atoms with Gasteiger partial charge in [0.15, 0.2) is 6.10 Å². The molecule has 1 aliphatic rings. The van der Waals surface area contributed by atoms with Crippen LogP contribution < -0.4 is 9.64 Å². The molecular formula is C26H23ClF5NO2. The summed E-state index contributed by atoms with van der Waals surface area (Å²) in [6.07, 6.45) is -6.44. The number of β-amino-alcohol motifs (C(OH)–C–C–N with tert-alkyl or cyclic N) is 1. The number of hydrogen-bond acceptors (Lipinski definition) is 3. The summed E-state index contributed by atoms with van der Waals surface area (Å²) in [4.78, 5) is 1.50. The van der Waals surface area contributed by atoms with E-state index in [0.717, 1.165) is 22.3 Å². The third-order valence-corrected chi connectivity index (χ3v) is 6.61. The minimum absolute atomic E-state index is 0.0787. The van der Waals surface area contributed by atoms with Crippen LogP contribution in [0.3, 0.4) is 0 Å². The number of benzene rings is 3. The third kappa shape index (κ3) is 5.54. The van der Waals surface area contributed by atoms with Crippen LogP contribution in [0.4, 0.5) is 27.6 Å². The number of fused-ring (bicyclic) bond motifs is 1. The Labute approximate surface area is 204 Å². The van der Waals surface area contributed by atoms with Crippen molar-refractivity contribution in [2.45, 2.75) is 44.7 Å². The van der Waals surface area contributed by atoms with Gasteiger partial charge in [0.2, 0.25) is 0 Å². The molecular weight excluding hydrogens is 489 g/mol. The first-order valence-corrected chi connectivity index (χ1v) is 11.4. The fourth-order valence-corrected chi connectivity index (χ4v) is 4.67. The van der Waals surface area contributed by atoms with Crippen molar-refractivity contribution in [1.29, 1.82) is 0 Å². The van der Waals surface area contributed by atoms with E-state index in [1.807, 2.05) is 25.1 Å². The Morgan fingerprint density at radius 1 is 1.09 bits per heavy atom. The van der Waals surface area contributed by atoms with E-state index in [1.165, 1.54) is 23.1 Å². The van der Waals surface area contributed by atoms with Crippen molar-refractivity contribution in [3.8, 4) is 16.9 Å². The van der Waals surface area contributed by atoms with Gasteiger partial charge in [-0.3, -0.25) is 0 Å². The second kappa shape index (κ2) is 10.0. The molecule has 0 aromatic heterocycles. The van der Waals surface area contributed by atoms with E-state index in [9.17, 15) is 27.1 Å². The first-order chi connectivity index (χ1) is 16.5. The van der Waals surface area contributed by atoms with Crippen LogP contribution in [0.5, 0.6) is 5.75 Å². The largest absolute Gasteiger partial charge is 0.435 e. The zero-order valence-electron chi connectivity index (χ0n) is 18.7. The Bertz CT molecular complexity index is 1200. The monoisotopic (exact) mass is 511 g/mol. The summed E-state index contributed by atoms with van der Waals surface area (Å²) >= 11 is 6.17. The van der Waals surface area contributed by atoms with E-state index >= 15 is 0 Å². The van der Waals surface area contributed by atoms with Crippen LogP contribution in [-0.4, -0.2) is 30.5 Å². The summed E-state index contributed by atoms with van der Waals surface area (Å²) in [6.45, 7) is -1.85. The number of aliphatic hydroxyl groups excluding tert-OH is 1. The molecule has 35 heavy (non-hydrogen) atoms. The molecule has 1 N–H and O–H groups in total. The molecule has 1 heterocycles. The summed E-state index contributed by atoms with van der Waals surface area (Å²) in [5.74, 6) is -0.0787. The van der Waals surface area contributed by atoms with E-state index in [-0.39, 0.29) is 5.75 Å². The molecule has 0 fully saturated rings. The molecule has 186 valence electrons. The molecule has 4 rings (SSSR count). The lowest BCUT2D eigenvalue weighted by atomic mass is 9.86. The lowest BCUT2D eigenvalue weighted by Gasteiger charge is -2.41. The summed E-state index contributed by atoms with van der Waals surface area (Å²) in [5.41, 5.74) is 4.54. The Kier molecular flexibility index (Phi) is 7.24. The maximum absolute atomic E-state index is 13.4. The van der Waals surface area contributed by atoms with Crippen molar-refractivity contribution in [2.75, 3.05) is 11.4 Å². The van der Waals surface area contributed by atoms with E-state index in [4.69, 9.17) is 11.6 Å². The van der Waals surface area contributed by atoms with Gasteiger partial charge in [0.25, 0.3) is 0 Å². The van der Waals surface area contributed by atoms with Crippen LogP contribution in [0.15, 0.2) is 60.7 Å². The number of aliphatic hydroxyl groups is 1. The summed E-state index contributed by atoms with van der Waals surface area (Å²) in [6, 6.07) is 16.3. The number of rotatable bonds is 6. The number of aryl methyl sites for hydroxylation is 1. The normalized spacial score (nSPS) is 16.8. The fourth-order valence-electron chi connectivity index (χ4n) is 4.55. The van der Waals surface area contributed by atoms with Gasteiger partial charge in [0.1, 0.15) is 5.75 Å². The lowest BCUT2D eigenvalue weighted by Crippen LogP contribution is -2.44. The van der Waals surface area contributed by atoms with Crippen molar-refractivity contribution in [3.63, 3.8) is 0 Å². The minimum Gasteiger partial charge on any atom is -0.435 e. The first-order valence-electron chi connectivity index (χ1n) is 11.0. The van der Waals surface area contributed by atoms with Crippen LogP contribution in [0.25, 0.3) is 11.1 Å². The summed E-state index contributed by atoms with van der Waals surface area (Å²) < 4.78 is 70.0.